The topological polar surface area (TPSA) is 75.3 Å². The van der Waals surface area contributed by atoms with Crippen LogP contribution in [0.1, 0.15) is 37.2 Å². The molecule has 1 saturated heterocycles. The quantitative estimate of drug-likeness (QED) is 0.901. The van der Waals surface area contributed by atoms with E-state index in [0.29, 0.717) is 5.92 Å². The maximum absolute atomic E-state index is 12.0. The molecule has 6 heteroatoms. The molecule has 0 radical (unpaired) electrons. The van der Waals surface area contributed by atoms with Crippen molar-refractivity contribution in [3.8, 4) is 0 Å². The maximum atomic E-state index is 12.0. The maximum Gasteiger partial charge on any atom is 0.239 e. The number of piperazine rings is 1. The zero-order chi connectivity index (χ0) is 17.8. The second-order valence-electron chi connectivity index (χ2n) is 6.67. The highest BCUT2D eigenvalue weighted by atomic mass is 16.1. The summed E-state index contributed by atoms with van der Waals surface area (Å²) >= 11 is 0. The zero-order valence-corrected chi connectivity index (χ0v) is 14.8. The number of carbonyl (C=O) groups excluding carboxylic acids is 1. The van der Waals surface area contributed by atoms with Crippen LogP contribution in [0.2, 0.25) is 0 Å². The molecule has 3 rings (SSSR count). The van der Waals surface area contributed by atoms with Crippen molar-refractivity contribution < 1.29 is 4.79 Å². The first kappa shape index (κ1) is 17.4. The Morgan fingerprint density at radius 1 is 1.08 bits per heavy atom. The minimum absolute atomic E-state index is 0.302. The summed E-state index contributed by atoms with van der Waals surface area (Å²) in [4.78, 5) is 25.4. The molecule has 0 aliphatic carbocycles. The third kappa shape index (κ3) is 3.96. The van der Waals surface area contributed by atoms with E-state index in [0.717, 1.165) is 43.4 Å². The number of hydrogen-bond donors (Lipinski definition) is 1. The van der Waals surface area contributed by atoms with Crippen molar-refractivity contribution in [2.45, 2.75) is 25.8 Å². The summed E-state index contributed by atoms with van der Waals surface area (Å²) in [6.45, 7) is 7.34. The summed E-state index contributed by atoms with van der Waals surface area (Å²) in [6, 6.07) is 11.3. The number of amides is 1. The molecular formula is C19H25N5O. The van der Waals surface area contributed by atoms with Gasteiger partial charge >= 0.3 is 0 Å². The van der Waals surface area contributed by atoms with Gasteiger partial charge in [-0.15, -0.1) is 0 Å². The molecule has 1 aromatic carbocycles. The van der Waals surface area contributed by atoms with Gasteiger partial charge in [0.1, 0.15) is 17.7 Å². The standard InChI is InChI=1S/C19H25N5O/c1-14(2)19-21-9-8-16(22-19)23-10-12-24(13-11-23)17(18(20)25)15-6-4-3-5-7-15/h3-9,14,17H,10-13H2,1-2H3,(H2,20,25)/t17-/m1/s1. The van der Waals surface area contributed by atoms with Gasteiger partial charge in [-0.3, -0.25) is 9.69 Å². The fourth-order valence-electron chi connectivity index (χ4n) is 3.22. The van der Waals surface area contributed by atoms with Crippen LogP contribution in [-0.2, 0) is 4.79 Å². The van der Waals surface area contributed by atoms with Crippen molar-refractivity contribution in [1.82, 2.24) is 14.9 Å². The van der Waals surface area contributed by atoms with Gasteiger partial charge in [-0.1, -0.05) is 44.2 Å². The molecule has 132 valence electrons. The Balaban J connectivity index is 1.70. The molecule has 1 fully saturated rings. The number of carbonyl (C=O) groups is 1. The molecule has 2 N–H and O–H groups in total. The first-order valence-electron chi connectivity index (χ1n) is 8.72. The van der Waals surface area contributed by atoms with Crippen molar-refractivity contribution in [3.05, 3.63) is 54.0 Å². The first-order valence-corrected chi connectivity index (χ1v) is 8.72. The number of benzene rings is 1. The normalized spacial score (nSPS) is 16.8. The SMILES string of the molecule is CC(C)c1nccc(N2CCN([C@@H](C(N)=O)c3ccccc3)CC2)n1. The van der Waals surface area contributed by atoms with E-state index in [1.165, 1.54) is 0 Å². The molecule has 1 aromatic heterocycles. The van der Waals surface area contributed by atoms with Crippen LogP contribution in [-0.4, -0.2) is 47.0 Å². The number of nitrogens with zero attached hydrogens (tertiary/aromatic N) is 4. The number of anilines is 1. The number of rotatable bonds is 5. The van der Waals surface area contributed by atoms with E-state index in [1.807, 2.05) is 42.6 Å². The van der Waals surface area contributed by atoms with E-state index in [4.69, 9.17) is 5.73 Å². The Labute approximate surface area is 148 Å². The van der Waals surface area contributed by atoms with Crippen LogP contribution >= 0.6 is 0 Å². The van der Waals surface area contributed by atoms with Gasteiger partial charge in [0.25, 0.3) is 0 Å². The molecule has 2 aromatic rings. The summed E-state index contributed by atoms with van der Waals surface area (Å²) in [7, 11) is 0. The molecule has 25 heavy (non-hydrogen) atoms. The van der Waals surface area contributed by atoms with Gasteiger partial charge in [0.2, 0.25) is 5.91 Å². The molecule has 1 atom stereocenters. The summed E-state index contributed by atoms with van der Waals surface area (Å²) < 4.78 is 0. The smallest absolute Gasteiger partial charge is 0.239 e. The average molecular weight is 339 g/mol. The molecule has 0 saturated carbocycles. The Morgan fingerprint density at radius 2 is 1.76 bits per heavy atom. The fourth-order valence-corrected chi connectivity index (χ4v) is 3.22. The van der Waals surface area contributed by atoms with Gasteiger partial charge in [-0.25, -0.2) is 9.97 Å². The number of aromatic nitrogens is 2. The summed E-state index contributed by atoms with van der Waals surface area (Å²) in [6.07, 6.45) is 1.82. The van der Waals surface area contributed by atoms with Crippen molar-refractivity contribution in [2.75, 3.05) is 31.1 Å². The van der Waals surface area contributed by atoms with E-state index in [9.17, 15) is 4.79 Å². The third-order valence-electron chi connectivity index (χ3n) is 4.56. The minimum Gasteiger partial charge on any atom is -0.368 e. The van der Waals surface area contributed by atoms with Crippen LogP contribution < -0.4 is 10.6 Å². The van der Waals surface area contributed by atoms with Crippen LogP contribution in [0.3, 0.4) is 0 Å². The van der Waals surface area contributed by atoms with E-state index >= 15 is 0 Å². The van der Waals surface area contributed by atoms with Crippen molar-refractivity contribution in [1.29, 1.82) is 0 Å². The summed E-state index contributed by atoms with van der Waals surface area (Å²) in [5, 5.41) is 0. The fraction of sp³-hybridized carbons (Fsp3) is 0.421. The van der Waals surface area contributed by atoms with Crippen LogP contribution in [0.25, 0.3) is 0 Å². The Kier molecular flexibility index (Phi) is 5.28. The van der Waals surface area contributed by atoms with Gasteiger partial charge in [-0.05, 0) is 11.6 Å². The van der Waals surface area contributed by atoms with Gasteiger partial charge in [0.05, 0.1) is 0 Å². The molecule has 0 unspecified atom stereocenters. The zero-order valence-electron chi connectivity index (χ0n) is 14.8. The van der Waals surface area contributed by atoms with Crippen LogP contribution in [0, 0.1) is 0 Å². The van der Waals surface area contributed by atoms with Crippen LogP contribution in [0.15, 0.2) is 42.6 Å². The third-order valence-corrected chi connectivity index (χ3v) is 4.56. The van der Waals surface area contributed by atoms with E-state index in [1.54, 1.807) is 0 Å². The van der Waals surface area contributed by atoms with Gasteiger partial charge in [0.15, 0.2) is 0 Å². The summed E-state index contributed by atoms with van der Waals surface area (Å²) in [5.41, 5.74) is 6.64. The lowest BCUT2D eigenvalue weighted by molar-refractivity contribution is -0.123. The van der Waals surface area contributed by atoms with Gasteiger partial charge in [0, 0.05) is 38.3 Å². The molecule has 1 amide bonds. The van der Waals surface area contributed by atoms with Crippen molar-refractivity contribution >= 4 is 11.7 Å². The molecular weight excluding hydrogens is 314 g/mol. The van der Waals surface area contributed by atoms with Crippen LogP contribution in [0.4, 0.5) is 5.82 Å². The van der Waals surface area contributed by atoms with Gasteiger partial charge < -0.3 is 10.6 Å². The van der Waals surface area contributed by atoms with Crippen molar-refractivity contribution in [3.63, 3.8) is 0 Å². The minimum atomic E-state index is -0.375. The second kappa shape index (κ2) is 7.61. The lowest BCUT2D eigenvalue weighted by Gasteiger charge is -2.38. The lowest BCUT2D eigenvalue weighted by atomic mass is 10.0. The number of primary amides is 1. The Bertz CT molecular complexity index is 711. The molecule has 0 spiro atoms. The highest BCUT2D eigenvalue weighted by Crippen LogP contribution is 2.23. The Morgan fingerprint density at radius 3 is 2.36 bits per heavy atom. The van der Waals surface area contributed by atoms with Gasteiger partial charge in [-0.2, -0.15) is 0 Å². The monoisotopic (exact) mass is 339 g/mol. The average Bonchev–Trinajstić information content (AvgIpc) is 2.63. The first-order chi connectivity index (χ1) is 12.1. The predicted octanol–water partition coefficient (Wildman–Crippen LogP) is 1.95. The Hall–Kier alpha value is -2.47. The molecule has 2 heterocycles. The van der Waals surface area contributed by atoms with Crippen LogP contribution in [0.5, 0.6) is 0 Å². The number of nitrogens with two attached hydrogens (primary N) is 1. The van der Waals surface area contributed by atoms with Crippen molar-refractivity contribution in [2.24, 2.45) is 5.73 Å². The van der Waals surface area contributed by atoms with E-state index < -0.39 is 0 Å². The highest BCUT2D eigenvalue weighted by Gasteiger charge is 2.29. The van der Waals surface area contributed by atoms with E-state index in [-0.39, 0.29) is 11.9 Å². The predicted molar refractivity (Wildman–Crippen MR) is 98.3 cm³/mol. The number of hydrogen-bond acceptors (Lipinski definition) is 5. The lowest BCUT2D eigenvalue weighted by Crippen LogP contribution is -2.50. The van der Waals surface area contributed by atoms with E-state index in [2.05, 4.69) is 33.6 Å². The molecule has 1 aliphatic rings. The molecule has 6 nitrogen and oxygen atoms in total. The molecule has 0 bridgehead atoms. The second-order valence-corrected chi connectivity index (χ2v) is 6.67. The highest BCUT2D eigenvalue weighted by molar-refractivity contribution is 5.81. The summed E-state index contributed by atoms with van der Waals surface area (Å²) in [5.74, 6) is 1.82. The molecule has 1 aliphatic heterocycles. The largest absolute Gasteiger partial charge is 0.368 e.